The fraction of sp³-hybridized carbons (Fsp3) is 0.522. The van der Waals surface area contributed by atoms with Gasteiger partial charge in [-0.3, -0.25) is 23.4 Å². The Labute approximate surface area is 240 Å². The van der Waals surface area contributed by atoms with Gasteiger partial charge in [0.05, 0.1) is 30.5 Å². The summed E-state index contributed by atoms with van der Waals surface area (Å²) in [4.78, 5) is 30.8. The molecule has 3 aliphatic heterocycles. The highest BCUT2D eigenvalue weighted by Crippen LogP contribution is 2.58. The third-order valence-corrected chi connectivity index (χ3v) is 9.59. The maximum Gasteiger partial charge on any atom is 0.386 e. The Morgan fingerprint density at radius 3 is 2.79 bits per heavy atom. The normalized spacial score (nSPS) is 33.9. The molecule has 7 rings (SSSR count). The zero-order chi connectivity index (χ0) is 29.3. The van der Waals surface area contributed by atoms with Crippen LogP contribution in [0.15, 0.2) is 23.6 Å². The average Bonchev–Trinajstić information content (AvgIpc) is 3.68. The number of nitrogen functional groups attached to an aromatic ring is 2. The number of anilines is 2. The first-order chi connectivity index (χ1) is 20.1. The van der Waals surface area contributed by atoms with Gasteiger partial charge < -0.3 is 25.5 Å². The largest absolute Gasteiger partial charge is 0.386 e. The molecule has 4 aromatic heterocycles. The smallest absolute Gasteiger partial charge is 0.383 e. The number of thiol groups is 1. The second-order valence-electron chi connectivity index (χ2n) is 10.5. The van der Waals surface area contributed by atoms with Crippen molar-refractivity contribution < 1.29 is 31.9 Å². The molecule has 3 saturated heterocycles. The number of imidazole rings is 1. The van der Waals surface area contributed by atoms with E-state index in [1.807, 2.05) is 0 Å². The molecule has 0 saturated carbocycles. The van der Waals surface area contributed by atoms with Crippen LogP contribution in [0.25, 0.3) is 22.2 Å². The van der Waals surface area contributed by atoms with E-state index in [0.29, 0.717) is 25.7 Å². The van der Waals surface area contributed by atoms with Gasteiger partial charge in [-0.1, -0.05) is 18.7 Å². The van der Waals surface area contributed by atoms with Crippen molar-refractivity contribution in [3.8, 4) is 0 Å². The molecule has 42 heavy (non-hydrogen) atoms. The van der Waals surface area contributed by atoms with E-state index >= 15 is 4.39 Å². The van der Waals surface area contributed by atoms with Gasteiger partial charge in [-0.05, 0) is 25.2 Å². The van der Waals surface area contributed by atoms with Crippen LogP contribution in [0.2, 0.25) is 0 Å². The van der Waals surface area contributed by atoms with Crippen molar-refractivity contribution in [3.63, 3.8) is 0 Å². The summed E-state index contributed by atoms with van der Waals surface area (Å²) in [6, 6.07) is 0. The third-order valence-electron chi connectivity index (χ3n) is 7.97. The summed E-state index contributed by atoms with van der Waals surface area (Å²) < 4.78 is 70.3. The number of hydrogen-bond donors (Lipinski definition) is 4. The van der Waals surface area contributed by atoms with Crippen molar-refractivity contribution in [1.29, 1.82) is 0 Å². The summed E-state index contributed by atoms with van der Waals surface area (Å²) in [7, 11) is 0. The van der Waals surface area contributed by atoms with Gasteiger partial charge in [0.2, 0.25) is 5.95 Å². The highest BCUT2D eigenvalue weighted by Gasteiger charge is 2.51. The molecule has 3 fully saturated rings. The van der Waals surface area contributed by atoms with Crippen LogP contribution in [0.4, 0.5) is 20.5 Å². The lowest BCUT2D eigenvalue weighted by Gasteiger charge is -2.26. The molecule has 0 radical (unpaired) electrons. The van der Waals surface area contributed by atoms with Crippen LogP contribution < -0.4 is 17.0 Å². The van der Waals surface area contributed by atoms with E-state index < -0.39 is 55.1 Å². The number of rotatable bonds is 2. The summed E-state index contributed by atoms with van der Waals surface area (Å²) in [5.41, 5.74) is 11.3. The molecule has 2 bridgehead atoms. The number of hydrogen-bond acceptors (Lipinski definition) is 12. The number of nitrogens with one attached hydrogen (secondary N) is 1. The fourth-order valence-electron chi connectivity index (χ4n) is 6.04. The maximum absolute atomic E-state index is 15.8. The predicted molar refractivity (Wildman–Crippen MR) is 147 cm³/mol. The van der Waals surface area contributed by atoms with Crippen LogP contribution in [0.1, 0.15) is 38.1 Å². The fourth-order valence-corrected chi connectivity index (χ4v) is 7.49. The second-order valence-corrected chi connectivity index (χ2v) is 13.4. The van der Waals surface area contributed by atoms with Crippen LogP contribution >= 0.6 is 19.0 Å². The Balaban J connectivity index is 1.15. The van der Waals surface area contributed by atoms with Crippen molar-refractivity contribution in [2.45, 2.75) is 62.6 Å². The van der Waals surface area contributed by atoms with E-state index in [4.69, 9.17) is 30.0 Å². The Morgan fingerprint density at radius 1 is 1.12 bits per heavy atom. The lowest BCUT2D eigenvalue weighted by Crippen LogP contribution is -2.31. The van der Waals surface area contributed by atoms with Crippen LogP contribution in [0.3, 0.4) is 0 Å². The zero-order valence-corrected chi connectivity index (χ0v) is 23.5. The molecule has 0 aliphatic carbocycles. The summed E-state index contributed by atoms with van der Waals surface area (Å²) in [5, 5.41) is 0.0985. The van der Waals surface area contributed by atoms with Crippen LogP contribution in [0.5, 0.6) is 0 Å². The van der Waals surface area contributed by atoms with E-state index in [2.05, 4.69) is 37.2 Å². The van der Waals surface area contributed by atoms with Gasteiger partial charge in [-0.15, -0.1) is 0 Å². The minimum atomic E-state index is -4.18. The third kappa shape index (κ3) is 4.66. The Hall–Kier alpha value is -3.15. The number of ether oxygens (including phenoxy) is 2. The molecule has 7 heterocycles. The van der Waals surface area contributed by atoms with Crippen molar-refractivity contribution in [2.24, 2.45) is 5.92 Å². The van der Waals surface area contributed by atoms with E-state index in [1.54, 1.807) is 4.57 Å². The first-order valence-corrected chi connectivity index (χ1v) is 15.9. The zero-order valence-electron chi connectivity index (χ0n) is 21.7. The summed E-state index contributed by atoms with van der Waals surface area (Å²) in [6.07, 6.45) is -0.760. The molecule has 19 heteroatoms. The van der Waals surface area contributed by atoms with Gasteiger partial charge in [0, 0.05) is 6.20 Å². The molecule has 3 aliphatic rings. The quantitative estimate of drug-likeness (QED) is 0.188. The first kappa shape index (κ1) is 27.7. The standard InChI is InChI=1S/C23H26F2N9O6PS/c24-10-5-33(19-14(10)18(26)28-7-29-19)13-4-9-2-1-3-11-15(25)17(40-41(36,42)37-6-12(9)38-13)22(39-11)34-8-30-16-20(34)31-23(27)32-21(16)35/h5,7-9,11-13,15,17,22H,1-4,6H2,(H,36,42)(H2,26,28,29)(H3,27,31,32,35)/t9-,11+,12+,13+,15+,17+,22+,41?/m0/s1. The van der Waals surface area contributed by atoms with Crippen molar-refractivity contribution in [1.82, 2.24) is 34.1 Å². The predicted octanol–water partition coefficient (Wildman–Crippen LogP) is 2.63. The molecule has 8 atom stereocenters. The Kier molecular flexibility index (Phi) is 6.75. The van der Waals surface area contributed by atoms with Crippen molar-refractivity contribution in [3.05, 3.63) is 35.0 Å². The van der Waals surface area contributed by atoms with Gasteiger partial charge in [0.15, 0.2) is 35.0 Å². The van der Waals surface area contributed by atoms with Crippen molar-refractivity contribution >= 4 is 53.0 Å². The summed E-state index contributed by atoms with van der Waals surface area (Å²) in [6.45, 7) is -4.36. The molecule has 1 unspecified atom stereocenters. The lowest BCUT2D eigenvalue weighted by molar-refractivity contribution is -0.0369. The highest BCUT2D eigenvalue weighted by molar-refractivity contribution is 8.44. The number of H-pyrrole nitrogens is 1. The Bertz CT molecular complexity index is 1790. The van der Waals surface area contributed by atoms with Crippen LogP contribution in [-0.4, -0.2) is 65.1 Å². The summed E-state index contributed by atoms with van der Waals surface area (Å²) in [5.74, 6) is -0.846. The van der Waals surface area contributed by atoms with Crippen molar-refractivity contribution in [2.75, 3.05) is 18.1 Å². The van der Waals surface area contributed by atoms with Gasteiger partial charge in [0.1, 0.15) is 24.5 Å². The highest BCUT2D eigenvalue weighted by atomic mass is 32.7. The van der Waals surface area contributed by atoms with E-state index in [1.165, 1.54) is 23.4 Å². The number of fused-ring (bicyclic) bond motifs is 5. The second kappa shape index (κ2) is 10.2. The molecule has 0 aromatic carbocycles. The number of alkyl halides is 1. The van der Waals surface area contributed by atoms with Crippen LogP contribution in [-0.2, 0) is 23.1 Å². The molecule has 15 nitrogen and oxygen atoms in total. The maximum atomic E-state index is 15.8. The van der Waals surface area contributed by atoms with Gasteiger partial charge >= 0.3 is 6.80 Å². The molecule has 4 aromatic rings. The first-order valence-electron chi connectivity index (χ1n) is 13.2. The number of halogens is 2. The monoisotopic (exact) mass is 625 g/mol. The molecular weight excluding hydrogens is 599 g/mol. The number of nitrogens with two attached hydrogens (primary N) is 2. The minimum absolute atomic E-state index is 0.0149. The average molecular weight is 626 g/mol. The number of aromatic nitrogens is 7. The van der Waals surface area contributed by atoms with Gasteiger partial charge in [0.25, 0.3) is 5.56 Å². The molecular formula is C23H26F2N9O6PS. The molecule has 0 amide bonds. The minimum Gasteiger partial charge on any atom is -0.383 e. The molecule has 5 N–H and O–H groups in total. The molecule has 224 valence electrons. The van der Waals surface area contributed by atoms with E-state index in [9.17, 15) is 13.8 Å². The Morgan fingerprint density at radius 2 is 1.95 bits per heavy atom. The van der Waals surface area contributed by atoms with Crippen LogP contribution in [0, 0.1) is 11.7 Å². The topological polar surface area (TPSA) is 200 Å². The van der Waals surface area contributed by atoms with E-state index in [-0.39, 0.29) is 46.5 Å². The van der Waals surface area contributed by atoms with E-state index in [0.717, 1.165) is 0 Å². The van der Waals surface area contributed by atoms with Gasteiger partial charge in [-0.2, -0.15) is 4.98 Å². The number of nitrogens with zero attached hydrogens (tertiary/aromatic N) is 6. The SMILES string of the molecule is Nc1nc2c(ncn2[C@@H]2O[C@@H]3CCC[C@H]4C[C@H](n5cc(F)c6c(N)ncnc65)O[C@@H]4COP(=O)(S)O[C@@H]2[C@@H]3F)c(=O)[nH]1. The molecule has 0 spiro atoms. The lowest BCUT2D eigenvalue weighted by atomic mass is 9.93. The van der Waals surface area contributed by atoms with Gasteiger partial charge in [-0.25, -0.2) is 28.3 Å². The summed E-state index contributed by atoms with van der Waals surface area (Å²) >= 11 is 4.11. The number of aromatic amines is 1.